The third kappa shape index (κ3) is 3.70. The first-order valence-electron chi connectivity index (χ1n) is 6.78. The summed E-state index contributed by atoms with van der Waals surface area (Å²) in [7, 11) is 0. The van der Waals surface area contributed by atoms with Crippen molar-refractivity contribution in [3.05, 3.63) is 71.3 Å². The van der Waals surface area contributed by atoms with Crippen molar-refractivity contribution in [2.45, 2.75) is 32.8 Å². The van der Waals surface area contributed by atoms with Crippen LogP contribution in [-0.2, 0) is 16.8 Å². The summed E-state index contributed by atoms with van der Waals surface area (Å²) in [6, 6.07) is 17.2. The van der Waals surface area contributed by atoms with Crippen LogP contribution in [0.15, 0.2) is 54.6 Å². The maximum Gasteiger partial charge on any atom is 0.338 e. The summed E-state index contributed by atoms with van der Waals surface area (Å²) in [5, 5.41) is 0. The van der Waals surface area contributed by atoms with Crippen LogP contribution in [0.5, 0.6) is 0 Å². The molecule has 0 atom stereocenters. The highest BCUT2D eigenvalue weighted by molar-refractivity contribution is 5.89. The molecule has 0 unspecified atom stereocenters. The van der Waals surface area contributed by atoms with E-state index in [0.717, 1.165) is 5.56 Å². The number of carbonyl (C=O) groups is 1. The molecule has 2 rings (SSSR count). The average Bonchev–Trinajstić information content (AvgIpc) is 2.45. The smallest absolute Gasteiger partial charge is 0.338 e. The fraction of sp³-hybridized carbons (Fsp3) is 0.278. The van der Waals surface area contributed by atoms with Gasteiger partial charge in [-0.05, 0) is 28.7 Å². The zero-order valence-electron chi connectivity index (χ0n) is 12.2. The van der Waals surface area contributed by atoms with Crippen molar-refractivity contribution in [1.82, 2.24) is 0 Å². The largest absolute Gasteiger partial charge is 0.457 e. The summed E-state index contributed by atoms with van der Waals surface area (Å²) in [6.45, 7) is 6.84. The van der Waals surface area contributed by atoms with Gasteiger partial charge in [0.25, 0.3) is 0 Å². The third-order valence-electron chi connectivity index (χ3n) is 3.20. The van der Waals surface area contributed by atoms with E-state index in [-0.39, 0.29) is 11.4 Å². The zero-order chi connectivity index (χ0) is 14.6. The molecule has 0 saturated heterocycles. The Morgan fingerprint density at radius 1 is 0.950 bits per heavy atom. The Labute approximate surface area is 120 Å². The predicted molar refractivity (Wildman–Crippen MR) is 80.7 cm³/mol. The van der Waals surface area contributed by atoms with E-state index >= 15 is 0 Å². The van der Waals surface area contributed by atoms with Crippen LogP contribution in [0.25, 0.3) is 0 Å². The summed E-state index contributed by atoms with van der Waals surface area (Å²) in [4.78, 5) is 11.8. The minimum absolute atomic E-state index is 0.138. The molecule has 2 heteroatoms. The van der Waals surface area contributed by atoms with Gasteiger partial charge in [-0.2, -0.15) is 0 Å². The number of ether oxygens (including phenoxy) is 1. The molecule has 0 amide bonds. The number of carbonyl (C=O) groups excluding carboxylic acids is 1. The Bertz CT molecular complexity index is 563. The topological polar surface area (TPSA) is 26.3 Å². The molecule has 20 heavy (non-hydrogen) atoms. The molecule has 0 aliphatic carbocycles. The average molecular weight is 268 g/mol. The Balaban J connectivity index is 1.96. The third-order valence-corrected chi connectivity index (χ3v) is 3.20. The van der Waals surface area contributed by atoms with Gasteiger partial charge in [0.2, 0.25) is 0 Å². The van der Waals surface area contributed by atoms with Crippen LogP contribution in [0, 0.1) is 0 Å². The number of benzene rings is 2. The van der Waals surface area contributed by atoms with Gasteiger partial charge in [-0.15, -0.1) is 0 Å². The summed E-state index contributed by atoms with van der Waals surface area (Å²) in [5.74, 6) is -0.287. The van der Waals surface area contributed by atoms with Crippen molar-refractivity contribution >= 4 is 5.97 Å². The Kier molecular flexibility index (Phi) is 4.23. The van der Waals surface area contributed by atoms with Crippen LogP contribution in [-0.4, -0.2) is 5.97 Å². The molecule has 0 aliphatic rings. The van der Waals surface area contributed by atoms with Crippen molar-refractivity contribution in [1.29, 1.82) is 0 Å². The van der Waals surface area contributed by atoms with Gasteiger partial charge in [-0.1, -0.05) is 63.2 Å². The van der Waals surface area contributed by atoms with E-state index in [9.17, 15) is 4.79 Å². The molecule has 2 nitrogen and oxygen atoms in total. The first-order chi connectivity index (χ1) is 9.47. The van der Waals surface area contributed by atoms with Gasteiger partial charge in [0, 0.05) is 0 Å². The van der Waals surface area contributed by atoms with E-state index in [1.807, 2.05) is 30.3 Å². The lowest BCUT2D eigenvalue weighted by atomic mass is 9.87. The van der Waals surface area contributed by atoms with Crippen molar-refractivity contribution in [3.8, 4) is 0 Å². The van der Waals surface area contributed by atoms with E-state index in [1.54, 1.807) is 12.1 Å². The van der Waals surface area contributed by atoms with E-state index in [2.05, 4.69) is 32.9 Å². The molecule has 2 aromatic carbocycles. The lowest BCUT2D eigenvalue weighted by Gasteiger charge is -2.19. The lowest BCUT2D eigenvalue weighted by molar-refractivity contribution is 0.0472. The van der Waals surface area contributed by atoms with Crippen LogP contribution in [0.3, 0.4) is 0 Å². The van der Waals surface area contributed by atoms with Crippen LogP contribution >= 0.6 is 0 Å². The maximum atomic E-state index is 11.8. The van der Waals surface area contributed by atoms with Crippen LogP contribution in [0.2, 0.25) is 0 Å². The number of hydrogen-bond donors (Lipinski definition) is 0. The molecule has 104 valence electrons. The maximum absolute atomic E-state index is 11.8. The fourth-order valence-corrected chi connectivity index (χ4v) is 1.91. The van der Waals surface area contributed by atoms with Gasteiger partial charge < -0.3 is 4.74 Å². The first-order valence-corrected chi connectivity index (χ1v) is 6.78. The summed E-state index contributed by atoms with van der Waals surface area (Å²) in [5.41, 5.74) is 3.00. The van der Waals surface area contributed by atoms with Gasteiger partial charge in [0.15, 0.2) is 0 Å². The number of rotatable bonds is 3. The van der Waals surface area contributed by atoms with Gasteiger partial charge in [-0.3, -0.25) is 0 Å². The quantitative estimate of drug-likeness (QED) is 0.774. The Hall–Kier alpha value is -2.09. The molecule has 0 heterocycles. The highest BCUT2D eigenvalue weighted by atomic mass is 16.5. The standard InChI is InChI=1S/C18H20O2/c1-18(2,3)16-11-9-14(10-12-16)13-20-17(19)15-7-5-4-6-8-15/h4-12H,13H2,1-3H3. The Morgan fingerprint density at radius 3 is 2.10 bits per heavy atom. The van der Waals surface area contributed by atoms with Crippen LogP contribution in [0.4, 0.5) is 0 Å². The van der Waals surface area contributed by atoms with Gasteiger partial charge in [0.1, 0.15) is 6.61 Å². The molecule has 0 bridgehead atoms. The van der Waals surface area contributed by atoms with Crippen molar-refractivity contribution < 1.29 is 9.53 Å². The molecular formula is C18H20O2. The minimum atomic E-state index is -0.287. The number of hydrogen-bond acceptors (Lipinski definition) is 2. The van der Waals surface area contributed by atoms with Crippen LogP contribution in [0.1, 0.15) is 42.3 Å². The van der Waals surface area contributed by atoms with Gasteiger partial charge in [-0.25, -0.2) is 4.79 Å². The van der Waals surface area contributed by atoms with E-state index < -0.39 is 0 Å². The SMILES string of the molecule is CC(C)(C)c1ccc(COC(=O)c2ccccc2)cc1. The Morgan fingerprint density at radius 2 is 1.55 bits per heavy atom. The normalized spacial score (nSPS) is 11.2. The van der Waals surface area contributed by atoms with Crippen LogP contribution < -0.4 is 0 Å². The second-order valence-electron chi connectivity index (χ2n) is 5.89. The van der Waals surface area contributed by atoms with Crippen molar-refractivity contribution in [3.63, 3.8) is 0 Å². The molecule has 0 N–H and O–H groups in total. The van der Waals surface area contributed by atoms with E-state index in [4.69, 9.17) is 4.74 Å². The molecule has 0 spiro atoms. The van der Waals surface area contributed by atoms with Crippen molar-refractivity contribution in [2.75, 3.05) is 0 Å². The first kappa shape index (κ1) is 14.3. The lowest BCUT2D eigenvalue weighted by Crippen LogP contribution is -2.11. The number of esters is 1. The second kappa shape index (κ2) is 5.91. The summed E-state index contributed by atoms with van der Waals surface area (Å²) < 4.78 is 5.30. The summed E-state index contributed by atoms with van der Waals surface area (Å²) >= 11 is 0. The highest BCUT2D eigenvalue weighted by Gasteiger charge is 2.13. The molecule has 0 radical (unpaired) electrons. The molecule has 0 saturated carbocycles. The second-order valence-corrected chi connectivity index (χ2v) is 5.89. The molecule has 2 aromatic rings. The molecule has 0 aromatic heterocycles. The highest BCUT2D eigenvalue weighted by Crippen LogP contribution is 2.22. The van der Waals surface area contributed by atoms with Crippen molar-refractivity contribution in [2.24, 2.45) is 0 Å². The predicted octanol–water partition coefficient (Wildman–Crippen LogP) is 4.34. The van der Waals surface area contributed by atoms with E-state index in [1.165, 1.54) is 5.56 Å². The molecule has 0 fully saturated rings. The molecular weight excluding hydrogens is 248 g/mol. The monoisotopic (exact) mass is 268 g/mol. The van der Waals surface area contributed by atoms with Gasteiger partial charge >= 0.3 is 5.97 Å². The van der Waals surface area contributed by atoms with Gasteiger partial charge in [0.05, 0.1) is 5.56 Å². The van der Waals surface area contributed by atoms with E-state index in [0.29, 0.717) is 12.2 Å². The molecule has 0 aliphatic heterocycles. The summed E-state index contributed by atoms with van der Waals surface area (Å²) in [6.07, 6.45) is 0. The minimum Gasteiger partial charge on any atom is -0.457 e. The zero-order valence-corrected chi connectivity index (χ0v) is 12.2. The fourth-order valence-electron chi connectivity index (χ4n) is 1.91.